The Hall–Kier alpha value is -2.28. The maximum Gasteiger partial charge on any atom is 0.258 e. The largest absolute Gasteiger partial charge is 0.310 e. The molecule has 118 valence electrons. The van der Waals surface area contributed by atoms with Crippen molar-refractivity contribution >= 4 is 16.8 Å². The van der Waals surface area contributed by atoms with Crippen molar-refractivity contribution < 1.29 is 14.4 Å². The predicted octanol–water partition coefficient (Wildman–Crippen LogP) is 2.06. The first-order chi connectivity index (χ1) is 10.6. The molecule has 0 radical (unpaired) electrons. The summed E-state index contributed by atoms with van der Waals surface area (Å²) >= 11 is 0. The van der Waals surface area contributed by atoms with Gasteiger partial charge in [0, 0.05) is 12.8 Å². The molecular weight excluding hydrogens is 289 g/mol. The van der Waals surface area contributed by atoms with E-state index in [-0.39, 0.29) is 22.9 Å². The van der Waals surface area contributed by atoms with Crippen LogP contribution in [0.5, 0.6) is 0 Å². The number of nitrogens with one attached hydrogen (secondary N) is 2. The van der Waals surface area contributed by atoms with Gasteiger partial charge in [0.25, 0.3) is 5.56 Å². The standard InChI is InChI=1S/C15H18FN3O3/c16-11-7-5-6-10-14(11)17-12(18-15(10)21)8-3-1-2-4-9-13(20)19-22/h5-7,22H,1-4,8-9H2,(H,19,20)(H,17,18,21). The van der Waals surface area contributed by atoms with Crippen LogP contribution in [0.2, 0.25) is 0 Å². The van der Waals surface area contributed by atoms with Gasteiger partial charge in [-0.3, -0.25) is 14.8 Å². The third-order valence-electron chi connectivity index (χ3n) is 3.43. The van der Waals surface area contributed by atoms with Gasteiger partial charge < -0.3 is 4.98 Å². The van der Waals surface area contributed by atoms with E-state index in [2.05, 4.69) is 9.97 Å². The van der Waals surface area contributed by atoms with Crippen LogP contribution in [-0.4, -0.2) is 21.1 Å². The van der Waals surface area contributed by atoms with Crippen molar-refractivity contribution in [1.29, 1.82) is 0 Å². The first-order valence-electron chi connectivity index (χ1n) is 7.22. The molecule has 2 rings (SSSR count). The average Bonchev–Trinajstić information content (AvgIpc) is 2.51. The number of carbonyl (C=O) groups excluding carboxylic acids is 1. The molecule has 0 saturated heterocycles. The van der Waals surface area contributed by atoms with Gasteiger partial charge in [-0.05, 0) is 25.0 Å². The van der Waals surface area contributed by atoms with Crippen LogP contribution in [0, 0.1) is 5.82 Å². The number of hydrogen-bond donors (Lipinski definition) is 3. The van der Waals surface area contributed by atoms with E-state index in [4.69, 9.17) is 5.21 Å². The molecule has 0 aliphatic carbocycles. The molecule has 6 nitrogen and oxygen atoms in total. The zero-order valence-corrected chi connectivity index (χ0v) is 12.1. The van der Waals surface area contributed by atoms with Gasteiger partial charge in [0.15, 0.2) is 0 Å². The van der Waals surface area contributed by atoms with E-state index in [0.29, 0.717) is 18.7 Å². The lowest BCUT2D eigenvalue weighted by molar-refractivity contribution is -0.129. The number of para-hydroxylation sites is 1. The molecule has 22 heavy (non-hydrogen) atoms. The lowest BCUT2D eigenvalue weighted by Crippen LogP contribution is -2.17. The van der Waals surface area contributed by atoms with Gasteiger partial charge in [-0.2, -0.15) is 0 Å². The number of benzene rings is 1. The second-order valence-corrected chi connectivity index (χ2v) is 5.10. The zero-order chi connectivity index (χ0) is 15.9. The smallest absolute Gasteiger partial charge is 0.258 e. The van der Waals surface area contributed by atoms with Crippen molar-refractivity contribution in [2.24, 2.45) is 0 Å². The Balaban J connectivity index is 1.89. The van der Waals surface area contributed by atoms with Crippen LogP contribution in [0.25, 0.3) is 10.9 Å². The molecule has 3 N–H and O–H groups in total. The molecule has 0 atom stereocenters. The molecule has 0 fully saturated rings. The third kappa shape index (κ3) is 4.11. The van der Waals surface area contributed by atoms with E-state index in [1.807, 2.05) is 0 Å². The number of unbranched alkanes of at least 4 members (excludes halogenated alkanes) is 3. The number of carbonyl (C=O) groups is 1. The van der Waals surface area contributed by atoms with Crippen LogP contribution in [0.4, 0.5) is 4.39 Å². The number of nitrogens with zero attached hydrogens (tertiary/aromatic N) is 1. The Morgan fingerprint density at radius 1 is 1.27 bits per heavy atom. The number of H-pyrrole nitrogens is 1. The summed E-state index contributed by atoms with van der Waals surface area (Å²) in [6, 6.07) is 4.31. The number of hydrogen-bond acceptors (Lipinski definition) is 4. The minimum atomic E-state index is -0.500. The van der Waals surface area contributed by atoms with E-state index in [1.165, 1.54) is 12.1 Å². The highest BCUT2D eigenvalue weighted by molar-refractivity contribution is 5.77. The monoisotopic (exact) mass is 307 g/mol. The summed E-state index contributed by atoms with van der Waals surface area (Å²) in [4.78, 5) is 29.5. The van der Waals surface area contributed by atoms with Gasteiger partial charge in [0.2, 0.25) is 5.91 Å². The number of aromatic amines is 1. The van der Waals surface area contributed by atoms with Gasteiger partial charge in [0.05, 0.1) is 5.39 Å². The predicted molar refractivity (Wildman–Crippen MR) is 79.0 cm³/mol. The van der Waals surface area contributed by atoms with Crippen LogP contribution < -0.4 is 11.0 Å². The van der Waals surface area contributed by atoms with Crippen molar-refractivity contribution in [2.45, 2.75) is 38.5 Å². The Bertz CT molecular complexity index is 715. The number of amides is 1. The fraction of sp³-hybridized carbons (Fsp3) is 0.400. The van der Waals surface area contributed by atoms with Gasteiger partial charge in [-0.15, -0.1) is 0 Å². The van der Waals surface area contributed by atoms with Crippen LogP contribution in [0.1, 0.15) is 37.9 Å². The number of halogens is 1. The molecule has 0 unspecified atom stereocenters. The van der Waals surface area contributed by atoms with Crippen molar-refractivity contribution in [1.82, 2.24) is 15.4 Å². The summed E-state index contributed by atoms with van der Waals surface area (Å²) in [5.74, 6) is -0.424. The number of hydroxylamine groups is 1. The van der Waals surface area contributed by atoms with Gasteiger partial charge in [0.1, 0.15) is 17.2 Å². The SMILES string of the molecule is O=C(CCCCCCc1nc2c(F)cccc2c(=O)[nH]1)NO. The maximum absolute atomic E-state index is 13.7. The molecule has 0 saturated carbocycles. The van der Waals surface area contributed by atoms with E-state index in [0.717, 1.165) is 19.3 Å². The molecule has 0 aliphatic heterocycles. The van der Waals surface area contributed by atoms with Gasteiger partial charge >= 0.3 is 0 Å². The summed E-state index contributed by atoms with van der Waals surface area (Å²) in [5, 5.41) is 8.60. The molecule has 2 aromatic rings. The Morgan fingerprint density at radius 3 is 2.82 bits per heavy atom. The Kier molecular flexibility index (Phi) is 5.60. The molecular formula is C15H18FN3O3. The Morgan fingerprint density at radius 2 is 2.05 bits per heavy atom. The van der Waals surface area contributed by atoms with Crippen LogP contribution in [-0.2, 0) is 11.2 Å². The Labute approximate surface area is 126 Å². The van der Waals surface area contributed by atoms with E-state index < -0.39 is 11.7 Å². The summed E-state index contributed by atoms with van der Waals surface area (Å²) in [6.07, 6.45) is 3.99. The number of rotatable bonds is 7. The average molecular weight is 307 g/mol. The maximum atomic E-state index is 13.7. The summed E-state index contributed by atoms with van der Waals surface area (Å²) in [5.41, 5.74) is 1.35. The lowest BCUT2D eigenvalue weighted by atomic mass is 10.1. The summed E-state index contributed by atoms with van der Waals surface area (Å²) < 4.78 is 13.7. The van der Waals surface area contributed by atoms with Gasteiger partial charge in [-0.1, -0.05) is 18.9 Å². The number of aryl methyl sites for hydroxylation is 1. The molecule has 1 amide bonds. The first kappa shape index (κ1) is 16.1. The molecule has 1 aromatic heterocycles. The first-order valence-corrected chi connectivity index (χ1v) is 7.22. The van der Waals surface area contributed by atoms with Crippen LogP contribution in [0.3, 0.4) is 0 Å². The summed E-state index contributed by atoms with van der Waals surface area (Å²) in [7, 11) is 0. The summed E-state index contributed by atoms with van der Waals surface area (Å²) in [6.45, 7) is 0. The molecule has 0 bridgehead atoms. The van der Waals surface area contributed by atoms with Crippen LogP contribution >= 0.6 is 0 Å². The van der Waals surface area contributed by atoms with Crippen molar-refractivity contribution in [3.63, 3.8) is 0 Å². The highest BCUT2D eigenvalue weighted by atomic mass is 19.1. The quantitative estimate of drug-likeness (QED) is 0.414. The van der Waals surface area contributed by atoms with Crippen molar-refractivity contribution in [3.05, 3.63) is 40.2 Å². The number of fused-ring (bicyclic) bond motifs is 1. The van der Waals surface area contributed by atoms with E-state index in [9.17, 15) is 14.0 Å². The molecule has 7 heteroatoms. The number of aromatic nitrogens is 2. The normalized spacial score (nSPS) is 10.8. The van der Waals surface area contributed by atoms with E-state index in [1.54, 1.807) is 11.5 Å². The zero-order valence-electron chi connectivity index (χ0n) is 12.1. The van der Waals surface area contributed by atoms with Crippen LogP contribution in [0.15, 0.2) is 23.0 Å². The molecule has 1 aromatic carbocycles. The minimum absolute atomic E-state index is 0.0980. The third-order valence-corrected chi connectivity index (χ3v) is 3.43. The van der Waals surface area contributed by atoms with Gasteiger partial charge in [-0.25, -0.2) is 14.9 Å². The van der Waals surface area contributed by atoms with Crippen molar-refractivity contribution in [3.8, 4) is 0 Å². The highest BCUT2D eigenvalue weighted by Gasteiger charge is 2.07. The fourth-order valence-corrected chi connectivity index (χ4v) is 2.28. The molecule has 1 heterocycles. The minimum Gasteiger partial charge on any atom is -0.310 e. The topological polar surface area (TPSA) is 95.1 Å². The highest BCUT2D eigenvalue weighted by Crippen LogP contribution is 2.12. The second kappa shape index (κ2) is 7.65. The van der Waals surface area contributed by atoms with Crippen molar-refractivity contribution in [2.75, 3.05) is 0 Å². The fourth-order valence-electron chi connectivity index (χ4n) is 2.28. The van der Waals surface area contributed by atoms with E-state index >= 15 is 0 Å². The lowest BCUT2D eigenvalue weighted by Gasteiger charge is -2.04. The molecule has 0 aliphatic rings. The second-order valence-electron chi connectivity index (χ2n) is 5.10. The molecule has 0 spiro atoms.